The van der Waals surface area contributed by atoms with Crippen LogP contribution in [0.2, 0.25) is 0 Å². The topological polar surface area (TPSA) is 120 Å². The van der Waals surface area contributed by atoms with Gasteiger partial charge in [0.1, 0.15) is 23.7 Å². The summed E-state index contributed by atoms with van der Waals surface area (Å²) in [4.78, 5) is 57.9. The molecule has 1 aliphatic heterocycles. The summed E-state index contributed by atoms with van der Waals surface area (Å²) in [6.45, 7) is 11.7. The third-order valence-electron chi connectivity index (χ3n) is 8.88. The molecule has 1 saturated heterocycles. The Bertz CT molecular complexity index is 1540. The first-order chi connectivity index (χ1) is 22.5. The van der Waals surface area contributed by atoms with Crippen LogP contribution in [0.5, 0.6) is 0 Å². The SMILES string of the molecule is CCC(=O)N[C@@H](C(=O)N1CCN(C)CC1)[C@@H](C)c1ccc(NC(=O)[C@H]([C@@H](C)c2ccccc2)N(C=O)c2ccnn2C(C)C)c(F)c1. The smallest absolute Gasteiger partial charge is 0.248 e. The summed E-state index contributed by atoms with van der Waals surface area (Å²) in [6, 6.07) is 13.4. The summed E-state index contributed by atoms with van der Waals surface area (Å²) in [7, 11) is 1.99. The predicted molar refractivity (Wildman–Crippen MR) is 180 cm³/mol. The lowest BCUT2D eigenvalue weighted by Crippen LogP contribution is -2.55. The minimum absolute atomic E-state index is 0.0704. The average molecular weight is 648 g/mol. The van der Waals surface area contributed by atoms with Crippen LogP contribution in [0.3, 0.4) is 0 Å². The molecule has 2 aromatic carbocycles. The summed E-state index contributed by atoms with van der Waals surface area (Å²) in [5.41, 5.74) is 1.25. The van der Waals surface area contributed by atoms with Crippen molar-refractivity contribution in [2.45, 2.75) is 71.0 Å². The van der Waals surface area contributed by atoms with Gasteiger partial charge in [-0.3, -0.25) is 24.1 Å². The van der Waals surface area contributed by atoms with E-state index in [1.807, 2.05) is 58.2 Å². The molecule has 4 atom stereocenters. The van der Waals surface area contributed by atoms with Crippen molar-refractivity contribution in [1.82, 2.24) is 24.9 Å². The van der Waals surface area contributed by atoms with E-state index in [1.165, 1.54) is 17.0 Å². The molecule has 4 amide bonds. The highest BCUT2D eigenvalue weighted by atomic mass is 19.1. The normalized spacial score (nSPS) is 16.2. The molecule has 11 nitrogen and oxygen atoms in total. The van der Waals surface area contributed by atoms with E-state index in [9.17, 15) is 19.2 Å². The van der Waals surface area contributed by atoms with Gasteiger partial charge < -0.3 is 20.4 Å². The van der Waals surface area contributed by atoms with Crippen molar-refractivity contribution in [3.8, 4) is 0 Å². The fourth-order valence-corrected chi connectivity index (χ4v) is 5.92. The van der Waals surface area contributed by atoms with Crippen LogP contribution in [0.1, 0.15) is 70.0 Å². The van der Waals surface area contributed by atoms with Gasteiger partial charge in [-0.05, 0) is 44.2 Å². The predicted octanol–water partition coefficient (Wildman–Crippen LogP) is 4.15. The molecule has 1 aromatic heterocycles. The molecule has 252 valence electrons. The van der Waals surface area contributed by atoms with E-state index in [2.05, 4.69) is 20.6 Å². The molecule has 2 N–H and O–H groups in total. The van der Waals surface area contributed by atoms with Gasteiger partial charge in [0, 0.05) is 56.5 Å². The van der Waals surface area contributed by atoms with Crippen LogP contribution in [-0.2, 0) is 19.2 Å². The maximum absolute atomic E-state index is 15.8. The second-order valence-corrected chi connectivity index (χ2v) is 12.4. The van der Waals surface area contributed by atoms with E-state index in [-0.39, 0.29) is 30.0 Å². The Morgan fingerprint density at radius 2 is 1.64 bits per heavy atom. The lowest BCUT2D eigenvalue weighted by atomic mass is 9.90. The van der Waals surface area contributed by atoms with E-state index in [0.717, 1.165) is 18.7 Å². The Balaban J connectivity index is 1.62. The van der Waals surface area contributed by atoms with E-state index < -0.39 is 35.6 Å². The molecule has 0 aliphatic carbocycles. The lowest BCUT2D eigenvalue weighted by molar-refractivity contribution is -0.138. The first-order valence-corrected chi connectivity index (χ1v) is 16.2. The van der Waals surface area contributed by atoms with Crippen molar-refractivity contribution in [3.05, 3.63) is 77.7 Å². The zero-order chi connectivity index (χ0) is 34.2. The fraction of sp³-hybridized carbons (Fsp3) is 0.457. The Labute approximate surface area is 276 Å². The summed E-state index contributed by atoms with van der Waals surface area (Å²) >= 11 is 0. The van der Waals surface area contributed by atoms with E-state index in [4.69, 9.17) is 0 Å². The number of carbonyl (C=O) groups excluding carboxylic acids is 4. The van der Waals surface area contributed by atoms with Crippen molar-refractivity contribution in [2.24, 2.45) is 0 Å². The number of carbonyl (C=O) groups is 4. The Morgan fingerprint density at radius 1 is 0.957 bits per heavy atom. The van der Waals surface area contributed by atoms with Gasteiger partial charge in [0.05, 0.1) is 11.9 Å². The molecule has 0 radical (unpaired) electrons. The fourth-order valence-electron chi connectivity index (χ4n) is 5.92. The third kappa shape index (κ3) is 8.23. The number of halogens is 1. The molecule has 0 bridgehead atoms. The summed E-state index contributed by atoms with van der Waals surface area (Å²) in [6.07, 6.45) is 2.37. The van der Waals surface area contributed by atoms with Crippen molar-refractivity contribution >= 4 is 35.6 Å². The molecule has 1 fully saturated rings. The quantitative estimate of drug-likeness (QED) is 0.269. The monoisotopic (exact) mass is 647 g/mol. The number of likely N-dealkylation sites (N-methyl/N-ethyl adjacent to an activating group) is 1. The van der Waals surface area contributed by atoms with Gasteiger partial charge in [-0.25, -0.2) is 9.07 Å². The molecule has 2 heterocycles. The van der Waals surface area contributed by atoms with Crippen LogP contribution in [0.15, 0.2) is 60.8 Å². The molecular weight excluding hydrogens is 601 g/mol. The number of hydrogen-bond donors (Lipinski definition) is 2. The number of anilines is 2. The maximum Gasteiger partial charge on any atom is 0.248 e. The van der Waals surface area contributed by atoms with Crippen molar-refractivity contribution < 1.29 is 23.6 Å². The van der Waals surface area contributed by atoms with Crippen LogP contribution in [-0.4, -0.2) is 89.0 Å². The first-order valence-electron chi connectivity index (χ1n) is 16.2. The van der Waals surface area contributed by atoms with Gasteiger partial charge in [0.2, 0.25) is 24.1 Å². The van der Waals surface area contributed by atoms with E-state index >= 15 is 4.39 Å². The minimum atomic E-state index is -1.04. The molecule has 3 aromatic rings. The number of amides is 4. The van der Waals surface area contributed by atoms with Gasteiger partial charge in [-0.15, -0.1) is 0 Å². The number of benzene rings is 2. The molecule has 4 rings (SSSR count). The van der Waals surface area contributed by atoms with Gasteiger partial charge in [-0.2, -0.15) is 5.10 Å². The van der Waals surface area contributed by atoms with Crippen LogP contribution in [0.25, 0.3) is 0 Å². The number of nitrogens with zero attached hydrogens (tertiary/aromatic N) is 5. The number of aromatic nitrogens is 2. The number of rotatable bonds is 13. The molecule has 1 aliphatic rings. The van der Waals surface area contributed by atoms with Gasteiger partial charge in [0.15, 0.2) is 0 Å². The molecule has 12 heteroatoms. The van der Waals surface area contributed by atoms with Crippen molar-refractivity contribution in [1.29, 1.82) is 0 Å². The largest absolute Gasteiger partial charge is 0.344 e. The molecule has 47 heavy (non-hydrogen) atoms. The second-order valence-electron chi connectivity index (χ2n) is 12.4. The summed E-state index contributed by atoms with van der Waals surface area (Å²) in [5.74, 6) is -2.35. The van der Waals surface area contributed by atoms with E-state index in [1.54, 1.807) is 41.8 Å². The Morgan fingerprint density at radius 3 is 2.23 bits per heavy atom. The van der Waals surface area contributed by atoms with Crippen LogP contribution in [0.4, 0.5) is 15.9 Å². The van der Waals surface area contributed by atoms with Crippen LogP contribution >= 0.6 is 0 Å². The highest BCUT2D eigenvalue weighted by Gasteiger charge is 2.36. The zero-order valence-electron chi connectivity index (χ0n) is 28.0. The van der Waals surface area contributed by atoms with Crippen molar-refractivity contribution in [3.63, 3.8) is 0 Å². The number of piperazine rings is 1. The number of nitrogens with one attached hydrogen (secondary N) is 2. The average Bonchev–Trinajstić information content (AvgIpc) is 3.57. The van der Waals surface area contributed by atoms with Crippen LogP contribution < -0.4 is 15.5 Å². The summed E-state index contributed by atoms with van der Waals surface area (Å²) in [5, 5.41) is 9.89. The third-order valence-corrected chi connectivity index (χ3v) is 8.88. The highest BCUT2D eigenvalue weighted by Crippen LogP contribution is 2.30. The molecular formula is C35H46FN7O4. The van der Waals surface area contributed by atoms with E-state index in [0.29, 0.717) is 30.9 Å². The highest BCUT2D eigenvalue weighted by molar-refractivity contribution is 6.01. The minimum Gasteiger partial charge on any atom is -0.344 e. The molecule has 0 unspecified atom stereocenters. The molecule has 0 spiro atoms. The maximum atomic E-state index is 15.8. The van der Waals surface area contributed by atoms with Crippen molar-refractivity contribution in [2.75, 3.05) is 43.4 Å². The standard InChI is InChI=1S/C35H46FN7O4/c1-7-30(45)39-32(35(47)41-19-17-40(6)18-20-41)24(4)27-13-14-29(28(36)21-27)38-34(46)33(25(5)26-11-9-8-10-12-26)42(22-44)31-15-16-37-43(31)23(2)3/h8-16,21-25,32-33H,7,17-20H2,1-6H3,(H,38,46)(H,39,45)/t24-,25-,32+,33-/m0/s1. The second kappa shape index (κ2) is 15.8. The summed E-state index contributed by atoms with van der Waals surface area (Å²) < 4.78 is 17.4. The molecule has 0 saturated carbocycles. The number of hydrogen-bond acceptors (Lipinski definition) is 6. The lowest BCUT2D eigenvalue weighted by Gasteiger charge is -2.36. The van der Waals surface area contributed by atoms with Gasteiger partial charge in [-0.1, -0.05) is 57.2 Å². The van der Waals surface area contributed by atoms with Gasteiger partial charge >= 0.3 is 0 Å². The van der Waals surface area contributed by atoms with Crippen LogP contribution in [0, 0.1) is 5.82 Å². The first kappa shape index (κ1) is 35.3. The van der Waals surface area contributed by atoms with Gasteiger partial charge in [0.25, 0.3) is 0 Å². The Kier molecular flexibility index (Phi) is 11.9. The Hall–Kier alpha value is -4.58. The zero-order valence-corrected chi connectivity index (χ0v) is 28.0.